The summed E-state index contributed by atoms with van der Waals surface area (Å²) in [7, 11) is 0. The molecule has 4 heteroatoms. The fraction of sp³-hybridized carbons (Fsp3) is 0.385. The van der Waals surface area contributed by atoms with Crippen LogP contribution in [0.2, 0.25) is 0 Å². The third kappa shape index (κ3) is 2.90. The maximum absolute atomic E-state index is 13.1. The molecule has 0 aromatic heterocycles. The van der Waals surface area contributed by atoms with Gasteiger partial charge in [0, 0.05) is 18.6 Å². The molecular formula is C13H16F2N2. The number of rotatable bonds is 4. The van der Waals surface area contributed by atoms with Gasteiger partial charge in [0.1, 0.15) is 0 Å². The summed E-state index contributed by atoms with van der Waals surface area (Å²) in [5.41, 5.74) is 6.36. The zero-order valence-corrected chi connectivity index (χ0v) is 9.50. The van der Waals surface area contributed by atoms with E-state index in [1.54, 1.807) is 6.07 Å². The zero-order valence-electron chi connectivity index (χ0n) is 9.50. The first-order chi connectivity index (χ1) is 8.20. The van der Waals surface area contributed by atoms with Gasteiger partial charge in [-0.05, 0) is 30.5 Å². The second-order valence-corrected chi connectivity index (χ2v) is 4.27. The van der Waals surface area contributed by atoms with Gasteiger partial charge in [0.25, 0.3) is 0 Å². The molecule has 92 valence electrons. The topological polar surface area (TPSA) is 38.0 Å². The Bertz CT molecular complexity index is 410. The Morgan fingerprint density at radius 1 is 1.24 bits per heavy atom. The first-order valence-electron chi connectivity index (χ1n) is 5.76. The molecular weight excluding hydrogens is 222 g/mol. The van der Waals surface area contributed by atoms with Crippen LogP contribution in [-0.2, 0) is 0 Å². The fourth-order valence-corrected chi connectivity index (χ4v) is 2.07. The molecule has 2 rings (SSSR count). The lowest BCUT2D eigenvalue weighted by Crippen LogP contribution is -2.35. The second kappa shape index (κ2) is 5.38. The molecule has 0 saturated heterocycles. The van der Waals surface area contributed by atoms with Gasteiger partial charge in [-0.25, -0.2) is 8.78 Å². The Morgan fingerprint density at radius 3 is 2.53 bits per heavy atom. The van der Waals surface area contributed by atoms with Crippen molar-refractivity contribution >= 4 is 0 Å². The normalized spacial score (nSPS) is 17.6. The van der Waals surface area contributed by atoms with Crippen molar-refractivity contribution in [1.82, 2.24) is 5.32 Å². The average molecular weight is 238 g/mol. The molecule has 1 aliphatic carbocycles. The van der Waals surface area contributed by atoms with Gasteiger partial charge < -0.3 is 11.1 Å². The lowest BCUT2D eigenvalue weighted by Gasteiger charge is -2.22. The number of halogens is 2. The third-order valence-electron chi connectivity index (χ3n) is 3.03. The lowest BCUT2D eigenvalue weighted by atomic mass is 10.0. The molecule has 1 aromatic rings. The highest BCUT2D eigenvalue weighted by molar-refractivity contribution is 5.22. The molecule has 1 unspecified atom stereocenters. The van der Waals surface area contributed by atoms with E-state index in [-0.39, 0.29) is 6.04 Å². The molecule has 1 atom stereocenters. The van der Waals surface area contributed by atoms with Crippen LogP contribution in [0.3, 0.4) is 0 Å². The first-order valence-corrected chi connectivity index (χ1v) is 5.76. The van der Waals surface area contributed by atoms with Crippen LogP contribution in [0.15, 0.2) is 30.4 Å². The average Bonchev–Trinajstić information content (AvgIpc) is 2.82. The minimum Gasteiger partial charge on any atom is -0.329 e. The Kier molecular flexibility index (Phi) is 3.86. The molecule has 3 N–H and O–H groups in total. The van der Waals surface area contributed by atoms with Crippen molar-refractivity contribution in [1.29, 1.82) is 0 Å². The quantitative estimate of drug-likeness (QED) is 0.790. The Morgan fingerprint density at radius 2 is 1.94 bits per heavy atom. The van der Waals surface area contributed by atoms with E-state index in [0.717, 1.165) is 18.9 Å². The van der Waals surface area contributed by atoms with Gasteiger partial charge in [0.15, 0.2) is 11.6 Å². The SMILES string of the molecule is NCC(NC1CC=CC1)c1ccc(F)c(F)c1. The molecule has 0 spiro atoms. The van der Waals surface area contributed by atoms with E-state index in [1.165, 1.54) is 6.07 Å². The molecule has 0 saturated carbocycles. The molecule has 0 aliphatic heterocycles. The predicted octanol–water partition coefficient (Wildman–Crippen LogP) is 2.27. The summed E-state index contributed by atoms with van der Waals surface area (Å²) in [5.74, 6) is -1.65. The third-order valence-corrected chi connectivity index (χ3v) is 3.03. The summed E-state index contributed by atoms with van der Waals surface area (Å²) in [4.78, 5) is 0. The summed E-state index contributed by atoms with van der Waals surface area (Å²) >= 11 is 0. The highest BCUT2D eigenvalue weighted by Crippen LogP contribution is 2.19. The highest BCUT2D eigenvalue weighted by Gasteiger charge is 2.17. The largest absolute Gasteiger partial charge is 0.329 e. The van der Waals surface area contributed by atoms with E-state index in [1.807, 2.05) is 0 Å². The van der Waals surface area contributed by atoms with Crippen molar-refractivity contribution in [3.63, 3.8) is 0 Å². The minimum atomic E-state index is -0.827. The molecule has 0 radical (unpaired) electrons. The zero-order chi connectivity index (χ0) is 12.3. The monoisotopic (exact) mass is 238 g/mol. The maximum atomic E-state index is 13.1. The Labute approximate surface area is 99.5 Å². The van der Waals surface area contributed by atoms with E-state index in [2.05, 4.69) is 17.5 Å². The smallest absolute Gasteiger partial charge is 0.159 e. The van der Waals surface area contributed by atoms with Crippen molar-refractivity contribution in [2.45, 2.75) is 24.9 Å². The maximum Gasteiger partial charge on any atom is 0.159 e. The van der Waals surface area contributed by atoms with Crippen LogP contribution in [0.4, 0.5) is 8.78 Å². The Hall–Kier alpha value is -1.26. The summed E-state index contributed by atoms with van der Waals surface area (Å²) in [6.07, 6.45) is 6.13. The van der Waals surface area contributed by atoms with Crippen molar-refractivity contribution < 1.29 is 8.78 Å². The minimum absolute atomic E-state index is 0.130. The Balaban J connectivity index is 2.08. The fourth-order valence-electron chi connectivity index (χ4n) is 2.07. The van der Waals surface area contributed by atoms with Crippen LogP contribution in [0.25, 0.3) is 0 Å². The van der Waals surface area contributed by atoms with Crippen molar-refractivity contribution in [2.75, 3.05) is 6.54 Å². The molecule has 1 aliphatic rings. The van der Waals surface area contributed by atoms with E-state index in [0.29, 0.717) is 18.2 Å². The van der Waals surface area contributed by atoms with Crippen molar-refractivity contribution in [3.05, 3.63) is 47.5 Å². The van der Waals surface area contributed by atoms with Gasteiger partial charge in [-0.2, -0.15) is 0 Å². The van der Waals surface area contributed by atoms with E-state index >= 15 is 0 Å². The van der Waals surface area contributed by atoms with Gasteiger partial charge in [-0.15, -0.1) is 0 Å². The predicted molar refractivity (Wildman–Crippen MR) is 63.5 cm³/mol. The number of hydrogen-bond donors (Lipinski definition) is 2. The van der Waals surface area contributed by atoms with Gasteiger partial charge in [-0.3, -0.25) is 0 Å². The van der Waals surface area contributed by atoms with Crippen LogP contribution in [-0.4, -0.2) is 12.6 Å². The standard InChI is InChI=1S/C13H16F2N2/c14-11-6-5-9(7-12(11)15)13(8-16)17-10-3-1-2-4-10/h1-2,5-7,10,13,17H,3-4,8,16H2. The second-order valence-electron chi connectivity index (χ2n) is 4.27. The summed E-state index contributed by atoms with van der Waals surface area (Å²) in [5, 5.41) is 3.35. The molecule has 17 heavy (non-hydrogen) atoms. The molecule has 0 heterocycles. The lowest BCUT2D eigenvalue weighted by molar-refractivity contribution is 0.447. The number of nitrogens with two attached hydrogens (primary N) is 1. The summed E-state index contributed by atoms with van der Waals surface area (Å²) in [6.45, 7) is 0.363. The van der Waals surface area contributed by atoms with E-state index < -0.39 is 11.6 Å². The molecule has 0 bridgehead atoms. The number of hydrogen-bond acceptors (Lipinski definition) is 2. The van der Waals surface area contributed by atoms with E-state index in [4.69, 9.17) is 5.73 Å². The summed E-state index contributed by atoms with van der Waals surface area (Å²) in [6, 6.07) is 4.14. The van der Waals surface area contributed by atoms with Crippen LogP contribution < -0.4 is 11.1 Å². The van der Waals surface area contributed by atoms with Crippen molar-refractivity contribution in [3.8, 4) is 0 Å². The van der Waals surface area contributed by atoms with Crippen LogP contribution in [0, 0.1) is 11.6 Å². The van der Waals surface area contributed by atoms with E-state index in [9.17, 15) is 8.78 Å². The van der Waals surface area contributed by atoms with Crippen LogP contribution in [0.5, 0.6) is 0 Å². The number of nitrogens with one attached hydrogen (secondary N) is 1. The van der Waals surface area contributed by atoms with Gasteiger partial charge in [0.2, 0.25) is 0 Å². The highest BCUT2D eigenvalue weighted by atomic mass is 19.2. The van der Waals surface area contributed by atoms with Crippen LogP contribution >= 0.6 is 0 Å². The molecule has 0 fully saturated rings. The molecule has 2 nitrogen and oxygen atoms in total. The van der Waals surface area contributed by atoms with Crippen molar-refractivity contribution in [2.24, 2.45) is 5.73 Å². The number of benzene rings is 1. The van der Waals surface area contributed by atoms with Gasteiger partial charge >= 0.3 is 0 Å². The van der Waals surface area contributed by atoms with Crippen LogP contribution in [0.1, 0.15) is 24.4 Å². The first kappa shape index (κ1) is 12.2. The summed E-state index contributed by atoms with van der Waals surface area (Å²) < 4.78 is 26.0. The molecule has 0 amide bonds. The van der Waals surface area contributed by atoms with Gasteiger partial charge in [-0.1, -0.05) is 18.2 Å². The van der Waals surface area contributed by atoms with Gasteiger partial charge in [0.05, 0.1) is 0 Å². The molecule has 1 aromatic carbocycles.